The lowest BCUT2D eigenvalue weighted by Gasteiger charge is -2.26. The predicted molar refractivity (Wildman–Crippen MR) is 105 cm³/mol. The fraction of sp³-hybridized carbons (Fsp3) is 0.333. The third kappa shape index (κ3) is 5.64. The van der Waals surface area contributed by atoms with Gasteiger partial charge in [-0.3, -0.25) is 14.5 Å². The zero-order valence-electron chi connectivity index (χ0n) is 15.6. The highest BCUT2D eigenvalue weighted by Crippen LogP contribution is 2.14. The van der Waals surface area contributed by atoms with Crippen molar-refractivity contribution in [3.63, 3.8) is 0 Å². The van der Waals surface area contributed by atoms with Crippen LogP contribution in [0.25, 0.3) is 0 Å². The summed E-state index contributed by atoms with van der Waals surface area (Å²) >= 11 is 0. The molecule has 0 atom stereocenters. The number of anilines is 1. The zero-order chi connectivity index (χ0) is 19.1. The Morgan fingerprint density at radius 3 is 2.56 bits per heavy atom. The van der Waals surface area contributed by atoms with E-state index in [2.05, 4.69) is 16.3 Å². The van der Waals surface area contributed by atoms with Crippen molar-refractivity contribution in [3.05, 3.63) is 65.7 Å². The third-order valence-corrected chi connectivity index (χ3v) is 4.47. The first kappa shape index (κ1) is 19.1. The standard InChI is InChI=1S/C21H25N3O3/c1-23(21(26)18-7-3-2-4-8-18)16-20(25)22-19-9-5-6-17(14-19)15-24-10-12-27-13-11-24/h2-9,14H,10-13,15-16H2,1H3,(H,22,25). The molecule has 1 saturated heterocycles. The summed E-state index contributed by atoms with van der Waals surface area (Å²) in [7, 11) is 1.63. The molecule has 1 heterocycles. The van der Waals surface area contributed by atoms with Gasteiger partial charge in [0.2, 0.25) is 5.91 Å². The summed E-state index contributed by atoms with van der Waals surface area (Å²) in [6, 6.07) is 16.8. The van der Waals surface area contributed by atoms with Gasteiger partial charge in [0.15, 0.2) is 0 Å². The van der Waals surface area contributed by atoms with Gasteiger partial charge in [-0.25, -0.2) is 0 Å². The van der Waals surface area contributed by atoms with Crippen LogP contribution >= 0.6 is 0 Å². The van der Waals surface area contributed by atoms with Crippen molar-refractivity contribution in [1.82, 2.24) is 9.80 Å². The van der Waals surface area contributed by atoms with E-state index in [4.69, 9.17) is 4.74 Å². The quantitative estimate of drug-likeness (QED) is 0.851. The summed E-state index contributed by atoms with van der Waals surface area (Å²) in [5, 5.41) is 2.88. The van der Waals surface area contributed by atoms with E-state index in [0.717, 1.165) is 44.1 Å². The Hall–Kier alpha value is -2.70. The number of hydrogen-bond acceptors (Lipinski definition) is 4. The van der Waals surface area contributed by atoms with Gasteiger partial charge in [0, 0.05) is 37.9 Å². The molecule has 142 valence electrons. The average molecular weight is 367 g/mol. The van der Waals surface area contributed by atoms with Gasteiger partial charge in [0.1, 0.15) is 0 Å². The highest BCUT2D eigenvalue weighted by molar-refractivity contribution is 5.99. The Labute approximate surface area is 159 Å². The summed E-state index contributed by atoms with van der Waals surface area (Å²) in [6.07, 6.45) is 0. The molecule has 0 aromatic heterocycles. The molecule has 3 rings (SSSR count). The predicted octanol–water partition coefficient (Wildman–Crippen LogP) is 2.23. The van der Waals surface area contributed by atoms with E-state index in [1.807, 2.05) is 24.3 Å². The monoisotopic (exact) mass is 367 g/mol. The molecule has 0 unspecified atom stereocenters. The lowest BCUT2D eigenvalue weighted by molar-refractivity contribution is -0.116. The van der Waals surface area contributed by atoms with Crippen LogP contribution in [0.2, 0.25) is 0 Å². The summed E-state index contributed by atoms with van der Waals surface area (Å²) in [5.41, 5.74) is 2.45. The minimum absolute atomic E-state index is 0.00141. The maximum Gasteiger partial charge on any atom is 0.254 e. The summed E-state index contributed by atoms with van der Waals surface area (Å²) < 4.78 is 5.37. The molecule has 0 saturated carbocycles. The lowest BCUT2D eigenvalue weighted by atomic mass is 10.1. The smallest absolute Gasteiger partial charge is 0.254 e. The Morgan fingerprint density at radius 2 is 1.81 bits per heavy atom. The molecule has 6 heteroatoms. The normalized spacial score (nSPS) is 14.6. The van der Waals surface area contributed by atoms with Crippen LogP contribution in [0.5, 0.6) is 0 Å². The van der Waals surface area contributed by atoms with E-state index < -0.39 is 0 Å². The van der Waals surface area contributed by atoms with Crippen LogP contribution in [0.1, 0.15) is 15.9 Å². The number of carbonyl (C=O) groups is 2. The van der Waals surface area contributed by atoms with E-state index >= 15 is 0 Å². The molecule has 1 N–H and O–H groups in total. The number of likely N-dealkylation sites (N-methyl/N-ethyl adjacent to an activating group) is 1. The number of ether oxygens (including phenoxy) is 1. The van der Waals surface area contributed by atoms with Crippen molar-refractivity contribution in [2.75, 3.05) is 45.2 Å². The summed E-state index contributed by atoms with van der Waals surface area (Å²) in [4.78, 5) is 28.4. The maximum absolute atomic E-state index is 12.3. The molecule has 0 aliphatic carbocycles. The molecule has 2 aromatic rings. The molecule has 1 fully saturated rings. The second-order valence-electron chi connectivity index (χ2n) is 6.66. The molecule has 2 aromatic carbocycles. The van der Waals surface area contributed by atoms with E-state index in [9.17, 15) is 9.59 Å². The van der Waals surface area contributed by atoms with Crippen LogP contribution in [-0.4, -0.2) is 61.5 Å². The molecule has 0 spiro atoms. The molecule has 27 heavy (non-hydrogen) atoms. The van der Waals surface area contributed by atoms with Crippen molar-refractivity contribution in [3.8, 4) is 0 Å². The van der Waals surface area contributed by atoms with E-state index in [1.54, 1.807) is 31.3 Å². The average Bonchev–Trinajstić information content (AvgIpc) is 2.69. The molecule has 6 nitrogen and oxygen atoms in total. The largest absolute Gasteiger partial charge is 0.379 e. The molecular weight excluding hydrogens is 342 g/mol. The van der Waals surface area contributed by atoms with Gasteiger partial charge in [-0.15, -0.1) is 0 Å². The van der Waals surface area contributed by atoms with Crippen molar-refractivity contribution >= 4 is 17.5 Å². The Balaban J connectivity index is 1.54. The molecule has 2 amide bonds. The van der Waals surface area contributed by atoms with Gasteiger partial charge in [-0.05, 0) is 29.8 Å². The first-order valence-corrected chi connectivity index (χ1v) is 9.11. The summed E-state index contributed by atoms with van der Waals surface area (Å²) in [5.74, 6) is -0.392. The lowest BCUT2D eigenvalue weighted by Crippen LogP contribution is -2.35. The van der Waals surface area contributed by atoms with Crippen molar-refractivity contribution < 1.29 is 14.3 Å². The van der Waals surface area contributed by atoms with E-state index in [-0.39, 0.29) is 18.4 Å². The summed E-state index contributed by atoms with van der Waals surface area (Å²) in [6.45, 7) is 4.20. The maximum atomic E-state index is 12.3. The zero-order valence-corrected chi connectivity index (χ0v) is 15.6. The second kappa shape index (κ2) is 9.30. The van der Waals surface area contributed by atoms with Crippen molar-refractivity contribution in [2.24, 2.45) is 0 Å². The van der Waals surface area contributed by atoms with Crippen molar-refractivity contribution in [1.29, 1.82) is 0 Å². The highest BCUT2D eigenvalue weighted by atomic mass is 16.5. The van der Waals surface area contributed by atoms with Crippen LogP contribution in [0, 0.1) is 0 Å². The van der Waals surface area contributed by atoms with Crippen LogP contribution in [0.3, 0.4) is 0 Å². The fourth-order valence-corrected chi connectivity index (χ4v) is 3.05. The van der Waals surface area contributed by atoms with Crippen LogP contribution < -0.4 is 5.32 Å². The second-order valence-corrected chi connectivity index (χ2v) is 6.66. The Kier molecular flexibility index (Phi) is 6.57. The van der Waals surface area contributed by atoms with Gasteiger partial charge in [0.25, 0.3) is 5.91 Å². The minimum atomic E-state index is -0.217. The number of benzene rings is 2. The fourth-order valence-electron chi connectivity index (χ4n) is 3.05. The van der Waals surface area contributed by atoms with Crippen molar-refractivity contribution in [2.45, 2.75) is 6.54 Å². The third-order valence-electron chi connectivity index (χ3n) is 4.47. The SMILES string of the molecule is CN(CC(=O)Nc1cccc(CN2CCOCC2)c1)C(=O)c1ccccc1. The molecule has 1 aliphatic heterocycles. The van der Waals surface area contributed by atoms with Crippen LogP contribution in [0.15, 0.2) is 54.6 Å². The highest BCUT2D eigenvalue weighted by Gasteiger charge is 2.15. The first-order valence-electron chi connectivity index (χ1n) is 9.11. The van der Waals surface area contributed by atoms with Gasteiger partial charge < -0.3 is 15.0 Å². The van der Waals surface area contributed by atoms with Gasteiger partial charge in [0.05, 0.1) is 19.8 Å². The number of amides is 2. The van der Waals surface area contributed by atoms with E-state index in [0.29, 0.717) is 5.56 Å². The van der Waals surface area contributed by atoms with Gasteiger partial charge in [-0.2, -0.15) is 0 Å². The van der Waals surface area contributed by atoms with Gasteiger partial charge >= 0.3 is 0 Å². The topological polar surface area (TPSA) is 61.9 Å². The van der Waals surface area contributed by atoms with Crippen LogP contribution in [0.4, 0.5) is 5.69 Å². The van der Waals surface area contributed by atoms with E-state index in [1.165, 1.54) is 4.90 Å². The molecule has 1 aliphatic rings. The van der Waals surface area contributed by atoms with Crippen LogP contribution in [-0.2, 0) is 16.1 Å². The molecule has 0 radical (unpaired) electrons. The number of morpholine rings is 1. The number of carbonyl (C=O) groups excluding carboxylic acids is 2. The molecule has 0 bridgehead atoms. The van der Waals surface area contributed by atoms with Gasteiger partial charge in [-0.1, -0.05) is 30.3 Å². The minimum Gasteiger partial charge on any atom is -0.379 e. The Bertz CT molecular complexity index is 773. The first-order chi connectivity index (χ1) is 13.1. The number of nitrogens with zero attached hydrogens (tertiary/aromatic N) is 2. The number of rotatable bonds is 6. The Morgan fingerprint density at radius 1 is 1.07 bits per heavy atom. The number of nitrogens with one attached hydrogen (secondary N) is 1. The molecular formula is C21H25N3O3. The number of hydrogen-bond donors (Lipinski definition) is 1.